The van der Waals surface area contributed by atoms with Crippen molar-refractivity contribution in [3.8, 4) is 11.4 Å². The van der Waals surface area contributed by atoms with Gasteiger partial charge in [-0.2, -0.15) is 4.73 Å². The summed E-state index contributed by atoms with van der Waals surface area (Å²) in [5, 5.41) is 25.1. The van der Waals surface area contributed by atoms with E-state index in [0.717, 1.165) is 4.73 Å². The van der Waals surface area contributed by atoms with Gasteiger partial charge in [0.1, 0.15) is 17.2 Å². The lowest BCUT2D eigenvalue weighted by Gasteiger charge is -2.03. The average Bonchev–Trinajstić information content (AvgIpc) is 2.84. The molecule has 0 amide bonds. The molecule has 3 rings (SSSR count). The predicted molar refractivity (Wildman–Crippen MR) is 84.4 cm³/mol. The molecule has 0 radical (unpaired) electrons. The van der Waals surface area contributed by atoms with Crippen molar-refractivity contribution in [2.45, 2.75) is 0 Å². The minimum atomic E-state index is -0.0736. The fourth-order valence-electron chi connectivity index (χ4n) is 2.22. The van der Waals surface area contributed by atoms with Gasteiger partial charge < -0.3 is 16.7 Å². The predicted octanol–water partition coefficient (Wildman–Crippen LogP) is 1.51. The molecule has 0 aliphatic heterocycles. The van der Waals surface area contributed by atoms with Gasteiger partial charge in [0.15, 0.2) is 5.82 Å². The van der Waals surface area contributed by atoms with Crippen LogP contribution in [0.4, 0.5) is 0 Å². The molecular weight excluding hydrogens is 280 g/mol. The summed E-state index contributed by atoms with van der Waals surface area (Å²) in [6.45, 7) is 0. The molecule has 0 aliphatic rings. The summed E-state index contributed by atoms with van der Waals surface area (Å²) in [5.41, 5.74) is 13.7. The number of nitrogen functional groups attached to an aromatic ring is 2. The highest BCUT2D eigenvalue weighted by Gasteiger charge is 2.13. The zero-order valence-corrected chi connectivity index (χ0v) is 11.5. The van der Waals surface area contributed by atoms with Crippen molar-refractivity contribution in [2.24, 2.45) is 11.5 Å². The van der Waals surface area contributed by atoms with Crippen LogP contribution >= 0.6 is 0 Å². The smallest absolute Gasteiger partial charge is 0.176 e. The van der Waals surface area contributed by atoms with Crippen LogP contribution in [-0.2, 0) is 0 Å². The molecule has 0 saturated carbocycles. The summed E-state index contributed by atoms with van der Waals surface area (Å²) < 4.78 is 0.963. The number of rotatable bonds is 3. The largest absolute Gasteiger partial charge is 0.426 e. The lowest BCUT2D eigenvalue weighted by molar-refractivity contribution is 0.203. The van der Waals surface area contributed by atoms with Gasteiger partial charge in [0.25, 0.3) is 0 Å². The maximum atomic E-state index is 10.3. The van der Waals surface area contributed by atoms with Crippen LogP contribution < -0.4 is 11.5 Å². The minimum absolute atomic E-state index is 0.0184. The molecule has 0 bridgehead atoms. The van der Waals surface area contributed by atoms with Crippen molar-refractivity contribution in [3.05, 3.63) is 53.6 Å². The van der Waals surface area contributed by atoms with Crippen LogP contribution in [0.2, 0.25) is 0 Å². The van der Waals surface area contributed by atoms with E-state index in [4.69, 9.17) is 22.3 Å². The van der Waals surface area contributed by atoms with Gasteiger partial charge in [0.05, 0.1) is 5.52 Å². The van der Waals surface area contributed by atoms with Gasteiger partial charge in [0, 0.05) is 16.7 Å². The molecule has 1 heterocycles. The van der Waals surface area contributed by atoms with E-state index in [0.29, 0.717) is 33.5 Å². The molecule has 7 nitrogen and oxygen atoms in total. The molecule has 7 N–H and O–H groups in total. The standard InChI is InChI=1S/C15H14N6O/c16-13(17)8-1-3-9(4-2-8)15-20-11-6-5-10(14(18)19)7-12(11)21(15)22/h1-7,22H,(H3,16,17)(H3,18,19). The summed E-state index contributed by atoms with van der Waals surface area (Å²) >= 11 is 0. The maximum absolute atomic E-state index is 10.3. The number of aromatic nitrogens is 2. The fraction of sp³-hybridized carbons (Fsp3) is 0. The number of fused-ring (bicyclic) bond motifs is 1. The third kappa shape index (κ3) is 2.14. The van der Waals surface area contributed by atoms with Gasteiger partial charge in [-0.1, -0.05) is 24.3 Å². The van der Waals surface area contributed by atoms with Crippen molar-refractivity contribution in [1.82, 2.24) is 9.71 Å². The average molecular weight is 294 g/mol. The molecular formula is C15H14N6O. The SMILES string of the molecule is N=C(N)c1ccc(-c2nc3ccc(C(=N)N)cc3n2O)cc1. The highest BCUT2D eigenvalue weighted by Crippen LogP contribution is 2.24. The van der Waals surface area contributed by atoms with Crippen LogP contribution in [0, 0.1) is 10.8 Å². The molecule has 0 saturated heterocycles. The first kappa shape index (κ1) is 13.6. The molecule has 1 aromatic heterocycles. The van der Waals surface area contributed by atoms with E-state index in [-0.39, 0.29) is 11.7 Å². The van der Waals surface area contributed by atoms with E-state index < -0.39 is 0 Å². The Morgan fingerprint density at radius 1 is 0.955 bits per heavy atom. The van der Waals surface area contributed by atoms with E-state index in [1.54, 1.807) is 42.5 Å². The summed E-state index contributed by atoms with van der Waals surface area (Å²) in [4.78, 5) is 4.37. The van der Waals surface area contributed by atoms with Crippen molar-refractivity contribution in [2.75, 3.05) is 0 Å². The molecule has 7 heteroatoms. The number of imidazole rings is 1. The van der Waals surface area contributed by atoms with E-state index in [2.05, 4.69) is 4.98 Å². The highest BCUT2D eigenvalue weighted by atomic mass is 16.5. The minimum Gasteiger partial charge on any atom is -0.426 e. The Balaban J connectivity index is 2.13. The fourth-order valence-corrected chi connectivity index (χ4v) is 2.22. The van der Waals surface area contributed by atoms with Crippen LogP contribution in [0.3, 0.4) is 0 Å². The monoisotopic (exact) mass is 294 g/mol. The number of benzene rings is 2. The van der Waals surface area contributed by atoms with E-state index in [1.165, 1.54) is 0 Å². The number of nitrogens with two attached hydrogens (primary N) is 2. The van der Waals surface area contributed by atoms with E-state index >= 15 is 0 Å². The Hall–Kier alpha value is -3.35. The third-order valence-electron chi connectivity index (χ3n) is 3.40. The van der Waals surface area contributed by atoms with Gasteiger partial charge >= 0.3 is 0 Å². The first-order valence-electron chi connectivity index (χ1n) is 6.48. The molecule has 3 aromatic rings. The van der Waals surface area contributed by atoms with Crippen molar-refractivity contribution >= 4 is 22.7 Å². The molecule has 0 atom stereocenters. The van der Waals surface area contributed by atoms with Gasteiger partial charge in [-0.25, -0.2) is 4.98 Å². The summed E-state index contributed by atoms with van der Waals surface area (Å²) in [6.07, 6.45) is 0. The van der Waals surface area contributed by atoms with E-state index in [1.807, 2.05) is 0 Å². The summed E-state index contributed by atoms with van der Waals surface area (Å²) in [5.74, 6) is 0.274. The first-order chi connectivity index (χ1) is 10.5. The Morgan fingerprint density at radius 2 is 1.55 bits per heavy atom. The molecule has 0 unspecified atom stereocenters. The zero-order valence-electron chi connectivity index (χ0n) is 11.5. The Bertz CT molecular complexity index is 894. The topological polar surface area (TPSA) is 138 Å². The summed E-state index contributed by atoms with van der Waals surface area (Å²) in [7, 11) is 0. The number of hydrogen-bond donors (Lipinski definition) is 5. The second-order valence-electron chi connectivity index (χ2n) is 4.86. The van der Waals surface area contributed by atoms with Crippen LogP contribution in [0.15, 0.2) is 42.5 Å². The molecule has 110 valence electrons. The van der Waals surface area contributed by atoms with Crippen LogP contribution in [-0.4, -0.2) is 26.6 Å². The molecule has 2 aromatic carbocycles. The number of hydrogen-bond acceptors (Lipinski definition) is 4. The van der Waals surface area contributed by atoms with Crippen LogP contribution in [0.25, 0.3) is 22.4 Å². The Labute approximate surface area is 125 Å². The maximum Gasteiger partial charge on any atom is 0.176 e. The van der Waals surface area contributed by atoms with Gasteiger partial charge in [-0.3, -0.25) is 10.8 Å². The quantitative estimate of drug-likeness (QED) is 0.284. The van der Waals surface area contributed by atoms with Crippen molar-refractivity contribution < 1.29 is 5.21 Å². The van der Waals surface area contributed by atoms with Crippen molar-refractivity contribution in [1.29, 1.82) is 10.8 Å². The lowest BCUT2D eigenvalue weighted by Crippen LogP contribution is -2.10. The number of amidine groups is 2. The molecule has 22 heavy (non-hydrogen) atoms. The first-order valence-corrected chi connectivity index (χ1v) is 6.48. The van der Waals surface area contributed by atoms with Gasteiger partial charge in [0.2, 0.25) is 0 Å². The molecule has 0 fully saturated rings. The summed E-state index contributed by atoms with van der Waals surface area (Å²) in [6, 6.07) is 11.8. The molecule has 0 spiro atoms. The second kappa shape index (κ2) is 4.88. The Kier molecular flexibility index (Phi) is 3.03. The van der Waals surface area contributed by atoms with Crippen LogP contribution in [0.1, 0.15) is 11.1 Å². The third-order valence-corrected chi connectivity index (χ3v) is 3.40. The normalized spacial score (nSPS) is 10.7. The van der Waals surface area contributed by atoms with Crippen molar-refractivity contribution in [3.63, 3.8) is 0 Å². The van der Waals surface area contributed by atoms with E-state index in [9.17, 15) is 5.21 Å². The number of nitrogens with one attached hydrogen (secondary N) is 2. The van der Waals surface area contributed by atoms with Gasteiger partial charge in [-0.05, 0) is 18.2 Å². The van der Waals surface area contributed by atoms with Crippen LogP contribution in [0.5, 0.6) is 0 Å². The molecule has 0 aliphatic carbocycles. The number of nitrogens with zero attached hydrogens (tertiary/aromatic N) is 2. The highest BCUT2D eigenvalue weighted by molar-refractivity contribution is 5.98. The second-order valence-corrected chi connectivity index (χ2v) is 4.86. The Morgan fingerprint density at radius 3 is 2.14 bits per heavy atom. The lowest BCUT2D eigenvalue weighted by atomic mass is 10.1. The van der Waals surface area contributed by atoms with Gasteiger partial charge in [-0.15, -0.1) is 0 Å². The zero-order chi connectivity index (χ0) is 15.9.